The zero-order chi connectivity index (χ0) is 20.4. The van der Waals surface area contributed by atoms with Crippen molar-refractivity contribution in [2.45, 2.75) is 11.4 Å². The van der Waals surface area contributed by atoms with Gasteiger partial charge in [-0.25, -0.2) is 13.4 Å². The Hall–Kier alpha value is -1.90. The smallest absolute Gasteiger partial charge is 0.246 e. The lowest BCUT2D eigenvalue weighted by Gasteiger charge is -2.33. The molecule has 0 atom stereocenters. The molecule has 0 aliphatic carbocycles. The number of benzene rings is 2. The van der Waals surface area contributed by atoms with Crippen LogP contribution in [0.1, 0.15) is 5.89 Å². The van der Waals surface area contributed by atoms with E-state index < -0.39 is 10.0 Å². The Bertz CT molecular complexity index is 1070. The van der Waals surface area contributed by atoms with Crippen LogP contribution >= 0.6 is 23.2 Å². The van der Waals surface area contributed by atoms with Crippen LogP contribution in [0.4, 0.5) is 0 Å². The average Bonchev–Trinajstić information content (AvgIpc) is 3.17. The van der Waals surface area contributed by atoms with E-state index >= 15 is 0 Å². The van der Waals surface area contributed by atoms with Gasteiger partial charge in [-0.15, -0.1) is 0 Å². The summed E-state index contributed by atoms with van der Waals surface area (Å²) in [5.74, 6) is 1.32. The number of halogens is 2. The number of oxazole rings is 1. The van der Waals surface area contributed by atoms with Crippen molar-refractivity contribution in [3.05, 3.63) is 70.7 Å². The number of sulfonamides is 1. The van der Waals surface area contributed by atoms with E-state index in [4.69, 9.17) is 27.6 Å². The van der Waals surface area contributed by atoms with Gasteiger partial charge >= 0.3 is 0 Å². The molecule has 0 bridgehead atoms. The summed E-state index contributed by atoms with van der Waals surface area (Å²) in [6.07, 6.45) is 1.71. The number of rotatable bonds is 5. The zero-order valence-electron chi connectivity index (χ0n) is 15.5. The fourth-order valence-corrected chi connectivity index (χ4v) is 5.81. The summed E-state index contributed by atoms with van der Waals surface area (Å²) in [5, 5.41) is 0.265. The standard InChI is InChI=1S/C20H19Cl2N3O3S/c21-16-7-4-8-17(22)20(16)29(26,27)25-11-9-24(10-12-25)14-19-23-13-18(28-19)15-5-2-1-3-6-15/h1-8,13H,9-12,14H2. The average molecular weight is 452 g/mol. The molecule has 0 N–H and O–H groups in total. The molecule has 0 radical (unpaired) electrons. The molecule has 1 fully saturated rings. The van der Waals surface area contributed by atoms with Crippen LogP contribution in [0, 0.1) is 0 Å². The third-order valence-corrected chi connectivity index (χ3v) is 7.67. The van der Waals surface area contributed by atoms with E-state index in [2.05, 4.69) is 9.88 Å². The molecule has 1 aromatic heterocycles. The highest BCUT2D eigenvalue weighted by Gasteiger charge is 2.32. The lowest BCUT2D eigenvalue weighted by Crippen LogP contribution is -2.48. The van der Waals surface area contributed by atoms with Crippen LogP contribution in [0.3, 0.4) is 0 Å². The van der Waals surface area contributed by atoms with Crippen LogP contribution in [0.15, 0.2) is 64.0 Å². The topological polar surface area (TPSA) is 66.7 Å². The maximum absolute atomic E-state index is 13.0. The maximum Gasteiger partial charge on any atom is 0.246 e. The highest BCUT2D eigenvalue weighted by atomic mass is 35.5. The van der Waals surface area contributed by atoms with E-state index in [9.17, 15) is 8.42 Å². The summed E-state index contributed by atoms with van der Waals surface area (Å²) in [6, 6.07) is 14.5. The molecule has 0 unspecified atom stereocenters. The second-order valence-corrected chi connectivity index (χ2v) is 9.40. The first-order valence-corrected chi connectivity index (χ1v) is 11.3. The first-order chi connectivity index (χ1) is 13.9. The van der Waals surface area contributed by atoms with Crippen LogP contribution in [-0.4, -0.2) is 48.8 Å². The van der Waals surface area contributed by atoms with Crippen LogP contribution in [0.5, 0.6) is 0 Å². The van der Waals surface area contributed by atoms with Crippen molar-refractivity contribution in [3.8, 4) is 11.3 Å². The number of aromatic nitrogens is 1. The first kappa shape index (κ1) is 20.4. The molecule has 152 valence electrons. The Morgan fingerprint density at radius 3 is 2.24 bits per heavy atom. The normalized spacial score (nSPS) is 16.2. The molecule has 2 aromatic carbocycles. The van der Waals surface area contributed by atoms with Crippen molar-refractivity contribution in [2.75, 3.05) is 26.2 Å². The predicted molar refractivity (Wildman–Crippen MR) is 112 cm³/mol. The minimum Gasteiger partial charge on any atom is -0.439 e. The molecule has 6 nitrogen and oxygen atoms in total. The summed E-state index contributed by atoms with van der Waals surface area (Å²) < 4.78 is 33.2. The summed E-state index contributed by atoms with van der Waals surface area (Å²) >= 11 is 12.2. The Morgan fingerprint density at radius 1 is 0.931 bits per heavy atom. The van der Waals surface area contributed by atoms with Crippen molar-refractivity contribution < 1.29 is 12.8 Å². The lowest BCUT2D eigenvalue weighted by molar-refractivity contribution is 0.169. The van der Waals surface area contributed by atoms with E-state index in [1.165, 1.54) is 16.4 Å². The van der Waals surface area contributed by atoms with Crippen LogP contribution < -0.4 is 0 Å². The van der Waals surface area contributed by atoms with Gasteiger partial charge in [-0.2, -0.15) is 4.31 Å². The van der Waals surface area contributed by atoms with Gasteiger partial charge in [0.2, 0.25) is 15.9 Å². The molecule has 4 rings (SSSR count). The largest absolute Gasteiger partial charge is 0.439 e. The Morgan fingerprint density at radius 2 is 1.59 bits per heavy atom. The molecule has 0 saturated carbocycles. The summed E-state index contributed by atoms with van der Waals surface area (Å²) in [6.45, 7) is 2.33. The summed E-state index contributed by atoms with van der Waals surface area (Å²) in [7, 11) is -3.75. The minimum atomic E-state index is -3.75. The predicted octanol–water partition coefficient (Wildman–Crippen LogP) is 4.15. The molecule has 29 heavy (non-hydrogen) atoms. The molecular formula is C20H19Cl2N3O3S. The molecule has 1 aliphatic heterocycles. The zero-order valence-corrected chi connectivity index (χ0v) is 17.8. The third-order valence-electron chi connectivity index (χ3n) is 4.82. The number of piperazine rings is 1. The minimum absolute atomic E-state index is 0.0306. The third kappa shape index (κ3) is 4.34. The van der Waals surface area contributed by atoms with Gasteiger partial charge in [0, 0.05) is 31.7 Å². The van der Waals surface area contributed by atoms with Crippen molar-refractivity contribution in [3.63, 3.8) is 0 Å². The Labute approximate surface area is 179 Å². The Balaban J connectivity index is 1.41. The van der Waals surface area contributed by atoms with Crippen molar-refractivity contribution in [1.29, 1.82) is 0 Å². The molecule has 1 saturated heterocycles. The van der Waals surface area contributed by atoms with Gasteiger partial charge in [0.1, 0.15) is 4.90 Å². The SMILES string of the molecule is O=S(=O)(c1c(Cl)cccc1Cl)N1CCN(Cc2ncc(-c3ccccc3)o2)CC1. The molecule has 9 heteroatoms. The fourth-order valence-electron chi connectivity index (χ4n) is 3.30. The summed E-state index contributed by atoms with van der Waals surface area (Å²) in [4.78, 5) is 6.43. The number of hydrogen-bond acceptors (Lipinski definition) is 5. The highest BCUT2D eigenvalue weighted by Crippen LogP contribution is 2.32. The first-order valence-electron chi connectivity index (χ1n) is 9.12. The summed E-state index contributed by atoms with van der Waals surface area (Å²) in [5.41, 5.74) is 0.971. The second-order valence-electron chi connectivity index (χ2n) is 6.72. The number of nitrogens with zero attached hydrogens (tertiary/aromatic N) is 3. The maximum atomic E-state index is 13.0. The van der Waals surface area contributed by atoms with Gasteiger partial charge in [0.05, 0.1) is 22.8 Å². The van der Waals surface area contributed by atoms with E-state index in [0.29, 0.717) is 38.6 Å². The van der Waals surface area contributed by atoms with Gasteiger partial charge in [-0.3, -0.25) is 4.90 Å². The van der Waals surface area contributed by atoms with E-state index in [1.807, 2.05) is 30.3 Å². The van der Waals surface area contributed by atoms with E-state index in [1.54, 1.807) is 12.3 Å². The van der Waals surface area contributed by atoms with Crippen LogP contribution in [0.25, 0.3) is 11.3 Å². The molecule has 0 amide bonds. The van der Waals surface area contributed by atoms with Gasteiger partial charge < -0.3 is 4.42 Å². The van der Waals surface area contributed by atoms with Gasteiger partial charge in [0.15, 0.2) is 5.76 Å². The highest BCUT2D eigenvalue weighted by molar-refractivity contribution is 7.89. The fraction of sp³-hybridized carbons (Fsp3) is 0.250. The quantitative estimate of drug-likeness (QED) is 0.582. The van der Waals surface area contributed by atoms with Gasteiger partial charge in [-0.05, 0) is 12.1 Å². The van der Waals surface area contributed by atoms with Crippen molar-refractivity contribution in [2.24, 2.45) is 0 Å². The van der Waals surface area contributed by atoms with Crippen LogP contribution in [-0.2, 0) is 16.6 Å². The Kier molecular flexibility index (Phi) is 5.94. The van der Waals surface area contributed by atoms with Crippen LogP contribution in [0.2, 0.25) is 10.0 Å². The molecule has 0 spiro atoms. The van der Waals surface area contributed by atoms with E-state index in [0.717, 1.165) is 11.3 Å². The molecular weight excluding hydrogens is 433 g/mol. The second kappa shape index (κ2) is 8.45. The molecule has 1 aliphatic rings. The van der Waals surface area contributed by atoms with E-state index in [-0.39, 0.29) is 14.9 Å². The lowest BCUT2D eigenvalue weighted by atomic mass is 10.2. The number of hydrogen-bond donors (Lipinski definition) is 0. The molecule has 2 heterocycles. The van der Waals surface area contributed by atoms with Gasteiger partial charge in [-0.1, -0.05) is 59.6 Å². The molecule has 3 aromatic rings. The van der Waals surface area contributed by atoms with Crippen molar-refractivity contribution >= 4 is 33.2 Å². The van der Waals surface area contributed by atoms with Gasteiger partial charge in [0.25, 0.3) is 0 Å². The monoisotopic (exact) mass is 451 g/mol. The van der Waals surface area contributed by atoms with Crippen molar-refractivity contribution in [1.82, 2.24) is 14.2 Å².